The van der Waals surface area contributed by atoms with Crippen LogP contribution in [-0.4, -0.2) is 24.4 Å². The Balaban J connectivity index is 1.68. The van der Waals surface area contributed by atoms with E-state index in [0.717, 1.165) is 17.9 Å². The minimum Gasteiger partial charge on any atom is -0.487 e. The second-order valence-electron chi connectivity index (χ2n) is 6.03. The maximum Gasteiger partial charge on any atom is 0.302 e. The molecule has 2 aromatic carbocycles. The Morgan fingerprint density at radius 3 is 2.71 bits per heavy atom. The Morgan fingerprint density at radius 1 is 1.21 bits per heavy atom. The van der Waals surface area contributed by atoms with Gasteiger partial charge in [-0.25, -0.2) is 0 Å². The van der Waals surface area contributed by atoms with Crippen LogP contribution in [0, 0.1) is 0 Å². The fraction of sp³-hybridized carbons (Fsp3) is 0.350. The van der Waals surface area contributed by atoms with Gasteiger partial charge in [-0.1, -0.05) is 30.3 Å². The molecule has 0 amide bonds. The number of carbonyl (C=O) groups excluding carboxylic acids is 1. The zero-order valence-electron chi connectivity index (χ0n) is 14.0. The largest absolute Gasteiger partial charge is 0.487 e. The van der Waals surface area contributed by atoms with Crippen LogP contribution in [0.3, 0.4) is 0 Å². The Hall–Kier alpha value is -1.94. The van der Waals surface area contributed by atoms with Crippen molar-refractivity contribution in [3.8, 4) is 5.75 Å². The molecule has 0 saturated heterocycles. The van der Waals surface area contributed by atoms with Gasteiger partial charge in [0.05, 0.1) is 0 Å². The Labute approximate surface area is 147 Å². The van der Waals surface area contributed by atoms with E-state index in [9.17, 15) is 4.79 Å². The molecule has 0 aromatic heterocycles. The van der Waals surface area contributed by atoms with Crippen LogP contribution < -0.4 is 4.74 Å². The van der Waals surface area contributed by atoms with Crippen LogP contribution in [-0.2, 0) is 9.53 Å². The number of hydrogen-bond acceptors (Lipinski definition) is 4. The number of carbonyl (C=O) groups is 1. The molecule has 2 atom stereocenters. The molecule has 24 heavy (non-hydrogen) atoms. The third kappa shape index (κ3) is 4.12. The molecular weight excluding hydrogens is 320 g/mol. The van der Waals surface area contributed by atoms with Gasteiger partial charge in [0.1, 0.15) is 18.5 Å². The van der Waals surface area contributed by atoms with Crippen LogP contribution in [0.15, 0.2) is 53.4 Å². The van der Waals surface area contributed by atoms with Gasteiger partial charge in [-0.05, 0) is 48.4 Å². The second-order valence-corrected chi connectivity index (χ2v) is 7.16. The highest BCUT2D eigenvalue weighted by Gasteiger charge is 2.21. The highest BCUT2D eigenvalue weighted by atomic mass is 32.2. The fourth-order valence-electron chi connectivity index (χ4n) is 2.97. The molecule has 0 radical (unpaired) electrons. The van der Waals surface area contributed by atoms with Gasteiger partial charge in [0, 0.05) is 17.7 Å². The standard InChI is InChI=1S/C20H22O3S/c1-14(13-22-15(2)21)23-17-9-7-16(8-10-17)18-11-12-24-20-6-4-3-5-19(18)20/h3-10,14,18H,11-13H2,1-2H3. The van der Waals surface area contributed by atoms with Crippen molar-refractivity contribution in [3.63, 3.8) is 0 Å². The number of ether oxygens (including phenoxy) is 2. The van der Waals surface area contributed by atoms with Gasteiger partial charge >= 0.3 is 5.97 Å². The van der Waals surface area contributed by atoms with E-state index >= 15 is 0 Å². The van der Waals surface area contributed by atoms with Crippen molar-refractivity contribution in [2.75, 3.05) is 12.4 Å². The molecule has 3 nitrogen and oxygen atoms in total. The molecule has 2 unspecified atom stereocenters. The van der Waals surface area contributed by atoms with E-state index in [1.165, 1.54) is 22.9 Å². The number of hydrogen-bond donors (Lipinski definition) is 0. The Bertz CT molecular complexity index is 696. The predicted octanol–water partition coefficient (Wildman–Crippen LogP) is 4.64. The summed E-state index contributed by atoms with van der Waals surface area (Å²) in [5.74, 6) is 2.13. The molecule has 0 saturated carbocycles. The van der Waals surface area contributed by atoms with Crippen molar-refractivity contribution in [1.29, 1.82) is 0 Å². The molecule has 0 spiro atoms. The summed E-state index contributed by atoms with van der Waals surface area (Å²) in [4.78, 5) is 12.2. The van der Waals surface area contributed by atoms with Crippen molar-refractivity contribution in [2.45, 2.75) is 37.2 Å². The molecule has 1 aliphatic rings. The molecule has 0 N–H and O–H groups in total. The lowest BCUT2D eigenvalue weighted by molar-refractivity contribution is -0.143. The molecule has 3 rings (SSSR count). The average Bonchev–Trinajstić information content (AvgIpc) is 2.60. The van der Waals surface area contributed by atoms with E-state index in [-0.39, 0.29) is 18.7 Å². The first kappa shape index (κ1) is 16.9. The summed E-state index contributed by atoms with van der Waals surface area (Å²) in [5.41, 5.74) is 2.74. The second kappa shape index (κ2) is 7.75. The van der Waals surface area contributed by atoms with Crippen LogP contribution in [0.1, 0.15) is 37.3 Å². The van der Waals surface area contributed by atoms with Crippen LogP contribution >= 0.6 is 11.8 Å². The van der Waals surface area contributed by atoms with Gasteiger partial charge in [-0.15, -0.1) is 11.8 Å². The summed E-state index contributed by atoms with van der Waals surface area (Å²) in [6, 6.07) is 17.0. The smallest absolute Gasteiger partial charge is 0.302 e. The number of benzene rings is 2. The summed E-state index contributed by atoms with van der Waals surface area (Å²) in [6.45, 7) is 3.57. The van der Waals surface area contributed by atoms with E-state index in [4.69, 9.17) is 9.47 Å². The molecule has 126 valence electrons. The normalized spacial score (nSPS) is 17.7. The summed E-state index contributed by atoms with van der Waals surface area (Å²) >= 11 is 1.94. The van der Waals surface area contributed by atoms with E-state index in [2.05, 4.69) is 36.4 Å². The molecule has 0 fully saturated rings. The molecule has 2 aromatic rings. The molecule has 1 heterocycles. The first-order valence-electron chi connectivity index (χ1n) is 8.25. The maximum absolute atomic E-state index is 10.8. The van der Waals surface area contributed by atoms with Gasteiger partial charge in [-0.2, -0.15) is 0 Å². The predicted molar refractivity (Wildman–Crippen MR) is 96.8 cm³/mol. The first-order chi connectivity index (χ1) is 11.6. The summed E-state index contributed by atoms with van der Waals surface area (Å²) < 4.78 is 10.8. The van der Waals surface area contributed by atoms with Crippen LogP contribution in [0.5, 0.6) is 5.75 Å². The zero-order chi connectivity index (χ0) is 16.9. The quantitative estimate of drug-likeness (QED) is 0.741. The molecule has 1 aliphatic heterocycles. The molecule has 0 aliphatic carbocycles. The van der Waals surface area contributed by atoms with Crippen molar-refractivity contribution in [1.82, 2.24) is 0 Å². The maximum atomic E-state index is 10.8. The van der Waals surface area contributed by atoms with Crippen LogP contribution in [0.2, 0.25) is 0 Å². The SMILES string of the molecule is CC(=O)OCC(C)Oc1ccc(C2CCSc3ccccc32)cc1. The Morgan fingerprint density at radius 2 is 1.96 bits per heavy atom. The third-order valence-corrected chi connectivity index (χ3v) is 5.22. The molecule has 0 bridgehead atoms. The Kier molecular flexibility index (Phi) is 5.46. The van der Waals surface area contributed by atoms with Crippen molar-refractivity contribution in [3.05, 3.63) is 59.7 Å². The van der Waals surface area contributed by atoms with Crippen molar-refractivity contribution in [2.24, 2.45) is 0 Å². The van der Waals surface area contributed by atoms with E-state index in [1.54, 1.807) is 0 Å². The lowest BCUT2D eigenvalue weighted by Crippen LogP contribution is -2.20. The summed E-state index contributed by atoms with van der Waals surface area (Å²) in [6.07, 6.45) is 0.997. The topological polar surface area (TPSA) is 35.5 Å². The van der Waals surface area contributed by atoms with Crippen molar-refractivity contribution >= 4 is 17.7 Å². The lowest BCUT2D eigenvalue weighted by Gasteiger charge is -2.25. The minimum atomic E-state index is -0.283. The van der Waals surface area contributed by atoms with E-state index in [1.807, 2.05) is 30.8 Å². The van der Waals surface area contributed by atoms with Gasteiger partial charge in [0.15, 0.2) is 0 Å². The van der Waals surface area contributed by atoms with Gasteiger partial charge in [0.2, 0.25) is 0 Å². The fourth-order valence-corrected chi connectivity index (χ4v) is 4.09. The third-order valence-electron chi connectivity index (χ3n) is 4.10. The molecular formula is C20H22O3S. The molecule has 4 heteroatoms. The van der Waals surface area contributed by atoms with Crippen LogP contribution in [0.25, 0.3) is 0 Å². The number of thioether (sulfide) groups is 1. The van der Waals surface area contributed by atoms with Crippen LogP contribution in [0.4, 0.5) is 0 Å². The monoisotopic (exact) mass is 342 g/mol. The van der Waals surface area contributed by atoms with Gasteiger partial charge in [-0.3, -0.25) is 4.79 Å². The number of rotatable bonds is 5. The lowest BCUT2D eigenvalue weighted by atomic mass is 9.89. The zero-order valence-corrected chi connectivity index (χ0v) is 14.8. The van der Waals surface area contributed by atoms with Gasteiger partial charge in [0.25, 0.3) is 0 Å². The summed E-state index contributed by atoms with van der Waals surface area (Å²) in [5, 5.41) is 0. The highest BCUT2D eigenvalue weighted by molar-refractivity contribution is 7.99. The number of fused-ring (bicyclic) bond motifs is 1. The summed E-state index contributed by atoms with van der Waals surface area (Å²) in [7, 11) is 0. The number of esters is 1. The minimum absolute atomic E-state index is 0.161. The van der Waals surface area contributed by atoms with Crippen molar-refractivity contribution < 1.29 is 14.3 Å². The van der Waals surface area contributed by atoms with E-state index < -0.39 is 0 Å². The van der Waals surface area contributed by atoms with E-state index in [0.29, 0.717) is 5.92 Å². The van der Waals surface area contributed by atoms with Gasteiger partial charge < -0.3 is 9.47 Å². The first-order valence-corrected chi connectivity index (χ1v) is 9.24. The highest BCUT2D eigenvalue weighted by Crippen LogP contribution is 2.41. The average molecular weight is 342 g/mol.